The van der Waals surface area contributed by atoms with Crippen molar-refractivity contribution in [2.24, 2.45) is 0 Å². The Kier molecular flexibility index (Phi) is 13.9. The van der Waals surface area contributed by atoms with Crippen LogP contribution in [0.15, 0.2) is 30.3 Å². The molecule has 0 N–H and O–H groups in total. The van der Waals surface area contributed by atoms with Gasteiger partial charge in [0.2, 0.25) is 0 Å². The van der Waals surface area contributed by atoms with Crippen LogP contribution in [-0.2, 0) is 19.6 Å². The zero-order valence-electron chi connectivity index (χ0n) is 17.7. The summed E-state index contributed by atoms with van der Waals surface area (Å²) in [7, 11) is -4.10. The van der Waals surface area contributed by atoms with Gasteiger partial charge in [-0.1, -0.05) is 57.2 Å². The summed E-state index contributed by atoms with van der Waals surface area (Å²) < 4.78 is 42.3. The fourth-order valence-electron chi connectivity index (χ4n) is 2.68. The minimum atomic E-state index is -4.10. The zero-order valence-corrected chi connectivity index (χ0v) is 19.5. The van der Waals surface area contributed by atoms with Crippen LogP contribution in [0.4, 0.5) is 0 Å². The van der Waals surface area contributed by atoms with Crippen molar-refractivity contribution in [2.75, 3.05) is 13.2 Å². The van der Waals surface area contributed by atoms with Crippen LogP contribution in [0, 0.1) is 0 Å². The second kappa shape index (κ2) is 14.0. The molecule has 5 nitrogen and oxygen atoms in total. The maximum absolute atomic E-state index is 12.9. The van der Waals surface area contributed by atoms with E-state index < -0.39 is 15.2 Å². The molecule has 0 aliphatic carbocycles. The number of ether oxygens (including phenoxy) is 2. The first kappa shape index (κ1) is 25.9. The van der Waals surface area contributed by atoms with Crippen LogP contribution < -0.4 is 33.7 Å². The Morgan fingerprint density at radius 2 is 1.42 bits per heavy atom. The summed E-state index contributed by atoms with van der Waals surface area (Å²) in [5.41, 5.74) is 0. The van der Waals surface area contributed by atoms with Gasteiger partial charge in [0, 0.05) is 19.6 Å². The molecule has 1 aromatic carbocycles. The topological polar surface area (TPSA) is 61.8 Å². The maximum Gasteiger partial charge on any atom is 1.00 e. The van der Waals surface area contributed by atoms with Crippen LogP contribution in [0.5, 0.6) is 5.75 Å². The molecule has 1 rings (SSSR count). The normalized spacial score (nSPS) is 11.8. The molecule has 0 saturated carbocycles. The fourth-order valence-corrected chi connectivity index (χ4v) is 4.09. The summed E-state index contributed by atoms with van der Waals surface area (Å²) in [6.07, 6.45) is 6.56. The van der Waals surface area contributed by atoms with Gasteiger partial charge in [0.15, 0.2) is 0 Å². The van der Waals surface area contributed by atoms with E-state index in [1.165, 1.54) is 19.3 Å². The van der Waals surface area contributed by atoms with E-state index in [1.807, 2.05) is 0 Å². The van der Waals surface area contributed by atoms with Gasteiger partial charge in [0.25, 0.3) is 0 Å². The van der Waals surface area contributed by atoms with E-state index in [1.54, 1.807) is 44.2 Å². The van der Waals surface area contributed by atoms with Crippen LogP contribution in [0.25, 0.3) is 0 Å². The van der Waals surface area contributed by atoms with Gasteiger partial charge >= 0.3 is 44.8 Å². The van der Waals surface area contributed by atoms with Crippen LogP contribution in [0.1, 0.15) is 67.1 Å². The number of hydrogen-bond acceptors (Lipinski definition) is 5. The van der Waals surface area contributed by atoms with Crippen molar-refractivity contribution in [1.29, 1.82) is 0 Å². The Balaban J connectivity index is 0. The van der Waals surface area contributed by atoms with E-state index in [0.717, 1.165) is 12.8 Å². The van der Waals surface area contributed by atoms with E-state index in [9.17, 15) is 8.42 Å². The predicted molar refractivity (Wildman–Crippen MR) is 101 cm³/mol. The first-order chi connectivity index (χ1) is 12.0. The van der Waals surface area contributed by atoms with Crippen molar-refractivity contribution in [3.8, 4) is 5.75 Å². The Morgan fingerprint density at radius 3 is 1.96 bits per heavy atom. The molecule has 0 bridgehead atoms. The maximum atomic E-state index is 12.9. The SMILES string of the molecule is CCCCCCCCC(OCC)(OCC)S(=O)(=O)Oc1ccccc1.[H-].[Na+]. The molecule has 7 heteroatoms. The zero-order chi connectivity index (χ0) is 18.6. The van der Waals surface area contributed by atoms with Gasteiger partial charge in [-0.3, -0.25) is 0 Å². The average molecular weight is 397 g/mol. The standard InChI is InChI=1S/C19H32O5S.Na.H/c1-4-7-8-9-10-14-17-19(22-5-2,23-6-3)25(20,21)24-18-15-12-11-13-16-18;;/h11-13,15-16H,4-10,14,17H2,1-3H3;;/q;+1;-1. The Hall–Kier alpha value is -0.110. The number of rotatable bonds is 14. The molecule has 0 aliphatic rings. The molecule has 26 heavy (non-hydrogen) atoms. The van der Waals surface area contributed by atoms with Gasteiger partial charge in [-0.25, -0.2) is 0 Å². The first-order valence-electron chi connectivity index (χ1n) is 9.28. The third-order valence-corrected chi connectivity index (χ3v) is 5.51. The summed E-state index contributed by atoms with van der Waals surface area (Å²) in [6.45, 7) is 6.14. The van der Waals surface area contributed by atoms with Crippen LogP contribution in [0.3, 0.4) is 0 Å². The minimum Gasteiger partial charge on any atom is -1.00 e. The van der Waals surface area contributed by atoms with Gasteiger partial charge in [-0.15, -0.1) is 0 Å². The molecular formula is C19H33NaO5S. The molecule has 0 radical (unpaired) electrons. The van der Waals surface area contributed by atoms with E-state index >= 15 is 0 Å². The average Bonchev–Trinajstić information content (AvgIpc) is 2.58. The summed E-state index contributed by atoms with van der Waals surface area (Å²) in [5.74, 6) is 0.259. The number of unbranched alkanes of at least 4 members (excludes halogenated alkanes) is 5. The molecule has 0 spiro atoms. The van der Waals surface area contributed by atoms with Crippen molar-refractivity contribution in [1.82, 2.24) is 0 Å². The first-order valence-corrected chi connectivity index (χ1v) is 10.7. The van der Waals surface area contributed by atoms with Crippen LogP contribution in [-0.4, -0.2) is 26.8 Å². The Bertz CT molecular complexity index is 563. The van der Waals surface area contributed by atoms with E-state index in [-0.39, 0.29) is 56.4 Å². The van der Waals surface area contributed by atoms with Gasteiger partial charge in [0.1, 0.15) is 5.75 Å². The summed E-state index contributed by atoms with van der Waals surface area (Å²) in [5, 5.41) is -1.75. The third-order valence-electron chi connectivity index (χ3n) is 3.90. The number of benzene rings is 1. The van der Waals surface area contributed by atoms with Gasteiger partial charge in [-0.2, -0.15) is 8.42 Å². The van der Waals surface area contributed by atoms with Gasteiger partial charge < -0.3 is 15.1 Å². The number of para-hydroxylation sites is 1. The minimum absolute atomic E-state index is 0. The Morgan fingerprint density at radius 1 is 0.885 bits per heavy atom. The monoisotopic (exact) mass is 396 g/mol. The van der Waals surface area contributed by atoms with Crippen molar-refractivity contribution < 1.29 is 53.1 Å². The van der Waals surface area contributed by atoms with Crippen molar-refractivity contribution in [2.45, 2.75) is 70.8 Å². The molecule has 0 aliphatic heterocycles. The fraction of sp³-hybridized carbons (Fsp3) is 0.684. The van der Waals surface area contributed by atoms with Crippen molar-refractivity contribution in [3.63, 3.8) is 0 Å². The largest absolute Gasteiger partial charge is 1.00 e. The third kappa shape index (κ3) is 8.28. The van der Waals surface area contributed by atoms with Crippen LogP contribution in [0.2, 0.25) is 0 Å². The van der Waals surface area contributed by atoms with Gasteiger partial charge in [-0.05, 0) is 32.4 Å². The van der Waals surface area contributed by atoms with Crippen LogP contribution >= 0.6 is 0 Å². The van der Waals surface area contributed by atoms with E-state index in [0.29, 0.717) is 6.42 Å². The van der Waals surface area contributed by atoms with E-state index in [4.69, 9.17) is 13.7 Å². The summed E-state index contributed by atoms with van der Waals surface area (Å²) in [4.78, 5) is 0. The molecule has 1 aromatic rings. The molecular weight excluding hydrogens is 363 g/mol. The quantitative estimate of drug-likeness (QED) is 0.208. The molecule has 0 amide bonds. The molecule has 0 saturated heterocycles. The second-order valence-corrected chi connectivity index (χ2v) is 7.61. The van der Waals surface area contributed by atoms with E-state index in [2.05, 4.69) is 6.92 Å². The van der Waals surface area contributed by atoms with Gasteiger partial charge in [0.05, 0.1) is 0 Å². The molecule has 0 atom stereocenters. The number of hydrogen-bond donors (Lipinski definition) is 0. The molecule has 0 aromatic heterocycles. The van der Waals surface area contributed by atoms with Crippen molar-refractivity contribution >= 4 is 10.1 Å². The predicted octanol–water partition coefficient (Wildman–Crippen LogP) is 1.99. The Labute approximate surface area is 182 Å². The molecule has 146 valence electrons. The van der Waals surface area contributed by atoms with Crippen molar-refractivity contribution in [3.05, 3.63) is 30.3 Å². The smallest absolute Gasteiger partial charge is 1.00 e. The summed E-state index contributed by atoms with van der Waals surface area (Å²) >= 11 is 0. The molecule has 0 fully saturated rings. The second-order valence-electron chi connectivity index (χ2n) is 5.92. The molecule has 0 heterocycles. The summed E-state index contributed by atoms with van der Waals surface area (Å²) in [6, 6.07) is 8.45. The molecule has 0 unspecified atom stereocenters.